The molecule has 0 aliphatic carbocycles. The number of nitrogens with zero attached hydrogens (tertiary/aromatic N) is 1. The number of hydrogen-bond acceptors (Lipinski definition) is 3. The monoisotopic (exact) mass is 410 g/mol. The highest BCUT2D eigenvalue weighted by atomic mass is 19.4. The Morgan fingerprint density at radius 1 is 1.13 bits per heavy atom. The quantitative estimate of drug-likeness (QED) is 0.410. The third-order valence-corrected chi connectivity index (χ3v) is 4.40. The van der Waals surface area contributed by atoms with E-state index in [-0.39, 0.29) is 22.7 Å². The molecule has 3 rings (SSSR count). The zero-order valence-electron chi connectivity index (χ0n) is 16.0. The van der Waals surface area contributed by atoms with Gasteiger partial charge in [-0.05, 0) is 42.3 Å². The van der Waals surface area contributed by atoms with Gasteiger partial charge in [-0.25, -0.2) is 0 Å². The van der Waals surface area contributed by atoms with E-state index in [1.165, 1.54) is 30.3 Å². The van der Waals surface area contributed by atoms with Crippen molar-refractivity contribution in [2.24, 2.45) is 0 Å². The van der Waals surface area contributed by atoms with Gasteiger partial charge in [0.2, 0.25) is 0 Å². The number of alkyl halides is 3. The smallest absolute Gasteiger partial charge is 0.416 e. The van der Waals surface area contributed by atoms with Gasteiger partial charge < -0.3 is 9.73 Å². The third-order valence-electron chi connectivity index (χ3n) is 4.40. The van der Waals surface area contributed by atoms with Crippen LogP contribution >= 0.6 is 0 Å². The van der Waals surface area contributed by atoms with Crippen molar-refractivity contribution in [3.05, 3.63) is 83.1 Å². The Labute approximate surface area is 171 Å². The summed E-state index contributed by atoms with van der Waals surface area (Å²) < 4.78 is 44.3. The van der Waals surface area contributed by atoms with Crippen LogP contribution < -0.4 is 5.32 Å². The lowest BCUT2D eigenvalue weighted by Crippen LogP contribution is -2.14. The largest absolute Gasteiger partial charge is 0.457 e. The number of aryl methyl sites for hydroxylation is 1. The van der Waals surface area contributed by atoms with E-state index >= 15 is 0 Å². The second-order valence-electron chi connectivity index (χ2n) is 6.42. The molecule has 0 atom stereocenters. The molecular weight excluding hydrogens is 393 g/mol. The van der Waals surface area contributed by atoms with E-state index in [0.29, 0.717) is 12.1 Å². The van der Waals surface area contributed by atoms with Gasteiger partial charge in [0, 0.05) is 17.3 Å². The van der Waals surface area contributed by atoms with Gasteiger partial charge >= 0.3 is 6.18 Å². The number of para-hydroxylation sites is 1. The standard InChI is InChI=1S/C23H17F3N2O2/c1-2-15-6-3-4-9-20(15)28-22(29)17(14-27)13-19-10-11-21(30-19)16-7-5-8-18(12-16)23(24,25)26/h3-13H,2H2,1H3,(H,28,29)/b17-13+. The van der Waals surface area contributed by atoms with Gasteiger partial charge in [-0.2, -0.15) is 18.4 Å². The minimum Gasteiger partial charge on any atom is -0.457 e. The number of hydrogen-bond donors (Lipinski definition) is 1. The van der Waals surface area contributed by atoms with Gasteiger partial charge in [-0.3, -0.25) is 4.79 Å². The minimum atomic E-state index is -4.47. The van der Waals surface area contributed by atoms with Gasteiger partial charge in [-0.1, -0.05) is 37.3 Å². The van der Waals surface area contributed by atoms with Crippen LogP contribution in [0.4, 0.5) is 18.9 Å². The zero-order chi connectivity index (χ0) is 21.7. The number of furan rings is 1. The fraction of sp³-hybridized carbons (Fsp3) is 0.130. The van der Waals surface area contributed by atoms with Crippen molar-refractivity contribution in [1.82, 2.24) is 0 Å². The first kappa shape index (κ1) is 20.9. The summed E-state index contributed by atoms with van der Waals surface area (Å²) in [6, 6.07) is 16.8. The number of halogens is 3. The van der Waals surface area contributed by atoms with Crippen LogP contribution in [0, 0.1) is 11.3 Å². The Morgan fingerprint density at radius 3 is 2.60 bits per heavy atom. The predicted molar refractivity (Wildman–Crippen MR) is 107 cm³/mol. The van der Waals surface area contributed by atoms with Crippen molar-refractivity contribution >= 4 is 17.7 Å². The molecule has 1 heterocycles. The molecule has 4 nitrogen and oxygen atoms in total. The van der Waals surface area contributed by atoms with Crippen LogP contribution in [0.1, 0.15) is 23.8 Å². The van der Waals surface area contributed by atoms with Crippen LogP contribution in [0.25, 0.3) is 17.4 Å². The fourth-order valence-corrected chi connectivity index (χ4v) is 2.87. The van der Waals surface area contributed by atoms with Crippen LogP contribution in [-0.2, 0) is 17.4 Å². The highest BCUT2D eigenvalue weighted by Gasteiger charge is 2.30. The van der Waals surface area contributed by atoms with E-state index < -0.39 is 17.6 Å². The number of carbonyl (C=O) groups is 1. The molecule has 0 radical (unpaired) electrons. The highest BCUT2D eigenvalue weighted by Crippen LogP contribution is 2.33. The highest BCUT2D eigenvalue weighted by molar-refractivity contribution is 6.09. The molecule has 7 heteroatoms. The Morgan fingerprint density at radius 2 is 1.90 bits per heavy atom. The minimum absolute atomic E-state index is 0.179. The zero-order valence-corrected chi connectivity index (χ0v) is 16.0. The number of rotatable bonds is 5. The van der Waals surface area contributed by atoms with Crippen molar-refractivity contribution in [2.45, 2.75) is 19.5 Å². The topological polar surface area (TPSA) is 66.0 Å². The number of anilines is 1. The fourth-order valence-electron chi connectivity index (χ4n) is 2.87. The molecule has 30 heavy (non-hydrogen) atoms. The summed E-state index contributed by atoms with van der Waals surface area (Å²) in [4.78, 5) is 12.5. The van der Waals surface area contributed by atoms with Gasteiger partial charge in [0.25, 0.3) is 5.91 Å². The van der Waals surface area contributed by atoms with Gasteiger partial charge in [0.1, 0.15) is 23.2 Å². The number of nitriles is 1. The molecule has 0 fully saturated rings. The number of benzene rings is 2. The molecule has 0 unspecified atom stereocenters. The van der Waals surface area contributed by atoms with Gasteiger partial charge in [-0.15, -0.1) is 0 Å². The average Bonchev–Trinajstić information content (AvgIpc) is 3.20. The molecule has 0 aliphatic heterocycles. The molecule has 3 aromatic rings. The second kappa shape index (κ2) is 8.70. The summed E-state index contributed by atoms with van der Waals surface area (Å²) in [6.07, 6.45) is -2.51. The predicted octanol–water partition coefficient (Wildman–Crippen LogP) is 6.07. The summed E-state index contributed by atoms with van der Waals surface area (Å²) in [5.41, 5.74) is 0.790. The van der Waals surface area contributed by atoms with Crippen molar-refractivity contribution in [3.63, 3.8) is 0 Å². The van der Waals surface area contributed by atoms with E-state index in [9.17, 15) is 23.2 Å². The first-order valence-corrected chi connectivity index (χ1v) is 9.10. The SMILES string of the molecule is CCc1ccccc1NC(=O)/C(C#N)=C/c1ccc(-c2cccc(C(F)(F)F)c2)o1. The van der Waals surface area contributed by atoms with Crippen LogP contribution in [0.3, 0.4) is 0 Å². The van der Waals surface area contributed by atoms with Crippen LogP contribution in [0.15, 0.2) is 70.7 Å². The lowest BCUT2D eigenvalue weighted by Gasteiger charge is -2.08. The van der Waals surface area contributed by atoms with Crippen LogP contribution in [0.5, 0.6) is 0 Å². The molecule has 1 amide bonds. The molecule has 2 aromatic carbocycles. The summed E-state index contributed by atoms with van der Waals surface area (Å²) in [7, 11) is 0. The lowest BCUT2D eigenvalue weighted by molar-refractivity contribution is -0.137. The number of amides is 1. The van der Waals surface area contributed by atoms with Gasteiger partial charge in [0.15, 0.2) is 0 Å². The molecular formula is C23H17F3N2O2. The Hall–Kier alpha value is -3.79. The Bertz CT molecular complexity index is 1140. The average molecular weight is 410 g/mol. The maximum absolute atomic E-state index is 12.9. The number of nitrogens with one attached hydrogen (secondary N) is 1. The summed E-state index contributed by atoms with van der Waals surface area (Å²) in [5, 5.41) is 12.1. The molecule has 1 aromatic heterocycles. The molecule has 0 aliphatic rings. The summed E-state index contributed by atoms with van der Waals surface area (Å²) in [6.45, 7) is 1.95. The molecule has 0 saturated carbocycles. The Balaban J connectivity index is 1.84. The summed E-state index contributed by atoms with van der Waals surface area (Å²) in [5.74, 6) is -0.227. The third kappa shape index (κ3) is 4.78. The van der Waals surface area contributed by atoms with Crippen LogP contribution in [-0.4, -0.2) is 5.91 Å². The Kier molecular flexibility index (Phi) is 6.07. The van der Waals surface area contributed by atoms with E-state index in [1.54, 1.807) is 12.1 Å². The first-order valence-electron chi connectivity index (χ1n) is 9.10. The lowest BCUT2D eigenvalue weighted by atomic mass is 10.1. The van der Waals surface area contributed by atoms with E-state index in [4.69, 9.17) is 4.42 Å². The molecule has 1 N–H and O–H groups in total. The molecule has 0 saturated heterocycles. The molecule has 0 bridgehead atoms. The van der Waals surface area contributed by atoms with Crippen molar-refractivity contribution in [1.29, 1.82) is 5.26 Å². The van der Waals surface area contributed by atoms with Gasteiger partial charge in [0.05, 0.1) is 5.56 Å². The van der Waals surface area contributed by atoms with E-state index in [2.05, 4.69) is 5.32 Å². The van der Waals surface area contributed by atoms with Crippen LogP contribution in [0.2, 0.25) is 0 Å². The molecule has 0 spiro atoms. The maximum atomic E-state index is 12.9. The van der Waals surface area contributed by atoms with Crippen molar-refractivity contribution < 1.29 is 22.4 Å². The second-order valence-corrected chi connectivity index (χ2v) is 6.42. The van der Waals surface area contributed by atoms with E-state index in [1.807, 2.05) is 25.1 Å². The van der Waals surface area contributed by atoms with Crippen molar-refractivity contribution in [2.75, 3.05) is 5.32 Å². The van der Waals surface area contributed by atoms with E-state index in [0.717, 1.165) is 17.7 Å². The molecule has 152 valence electrons. The summed E-state index contributed by atoms with van der Waals surface area (Å²) >= 11 is 0. The maximum Gasteiger partial charge on any atom is 0.416 e. The number of carbonyl (C=O) groups excluding carboxylic acids is 1. The first-order chi connectivity index (χ1) is 14.3. The van der Waals surface area contributed by atoms with Crippen molar-refractivity contribution in [3.8, 4) is 17.4 Å². The normalized spacial score (nSPS) is 11.8.